The lowest BCUT2D eigenvalue weighted by Crippen LogP contribution is -2.38. The van der Waals surface area contributed by atoms with Crippen molar-refractivity contribution in [2.75, 3.05) is 6.61 Å². The molecule has 4 aromatic rings. The van der Waals surface area contributed by atoms with Gasteiger partial charge in [0.15, 0.2) is 6.61 Å². The lowest BCUT2D eigenvalue weighted by molar-refractivity contribution is -0.139. The second-order valence-corrected chi connectivity index (χ2v) is 8.00. The van der Waals surface area contributed by atoms with Gasteiger partial charge in [0.2, 0.25) is 0 Å². The van der Waals surface area contributed by atoms with Crippen LogP contribution in [0, 0.1) is 13.8 Å². The van der Waals surface area contributed by atoms with E-state index in [4.69, 9.17) is 9.84 Å². The zero-order valence-corrected chi connectivity index (χ0v) is 17.9. The molecule has 2 aromatic carbocycles. The molecule has 0 aliphatic rings. The van der Waals surface area contributed by atoms with Gasteiger partial charge < -0.3 is 14.4 Å². The van der Waals surface area contributed by atoms with Crippen LogP contribution in [-0.2, 0) is 11.8 Å². The van der Waals surface area contributed by atoms with Crippen LogP contribution in [0.15, 0.2) is 52.1 Å². The smallest absolute Gasteiger partial charge is 0.341 e. The van der Waals surface area contributed by atoms with E-state index in [1.54, 1.807) is 32.2 Å². The first-order valence-electron chi connectivity index (χ1n) is 9.41. The number of hydrogen-bond donors (Lipinski definition) is 1. The Hall–Kier alpha value is -3.72. The summed E-state index contributed by atoms with van der Waals surface area (Å²) in [7, 11) is 1.61. The largest absolute Gasteiger partial charge is 0.481 e. The summed E-state index contributed by atoms with van der Waals surface area (Å²) in [4.78, 5) is 36.2. The van der Waals surface area contributed by atoms with Crippen LogP contribution in [0.5, 0.6) is 5.75 Å². The number of aromatic nitrogens is 3. The van der Waals surface area contributed by atoms with Crippen LogP contribution < -0.4 is 16.0 Å². The quantitative estimate of drug-likeness (QED) is 0.515. The number of nitrogens with zero attached hydrogens (tertiary/aromatic N) is 3. The number of ether oxygens (including phenoxy) is 1. The standard InChI is InChI=1S/C22H19N3O5S/c1-12-4-6-17(30-11-20(27)28)15(8-12)21-16-10-14(5-7-18(16)31-23-21)25-19(26)9-13(2)24(3)22(25)29/h4-10H,11H2,1-3H3,(H,27,28). The molecule has 31 heavy (non-hydrogen) atoms. The number of rotatable bonds is 5. The van der Waals surface area contributed by atoms with Crippen LogP contribution in [0.4, 0.5) is 0 Å². The molecule has 0 radical (unpaired) electrons. The number of benzene rings is 2. The molecule has 0 atom stereocenters. The first-order chi connectivity index (χ1) is 14.8. The van der Waals surface area contributed by atoms with E-state index in [0.29, 0.717) is 28.4 Å². The fraction of sp³-hybridized carbons (Fsp3) is 0.182. The first kappa shape index (κ1) is 20.5. The van der Waals surface area contributed by atoms with Gasteiger partial charge in [0, 0.05) is 29.8 Å². The predicted octanol–water partition coefficient (Wildman–Crippen LogP) is 2.89. The molecule has 0 bridgehead atoms. The van der Waals surface area contributed by atoms with Gasteiger partial charge in [-0.2, -0.15) is 4.37 Å². The van der Waals surface area contributed by atoms with Gasteiger partial charge in [0.25, 0.3) is 5.56 Å². The van der Waals surface area contributed by atoms with E-state index in [0.717, 1.165) is 20.2 Å². The second kappa shape index (κ2) is 7.84. The Morgan fingerprint density at radius 1 is 1.13 bits per heavy atom. The van der Waals surface area contributed by atoms with Crippen LogP contribution in [-0.4, -0.2) is 31.2 Å². The Balaban J connectivity index is 1.92. The van der Waals surface area contributed by atoms with Crippen LogP contribution in [0.1, 0.15) is 11.3 Å². The highest BCUT2D eigenvalue weighted by atomic mass is 32.1. The van der Waals surface area contributed by atoms with Crippen molar-refractivity contribution in [2.45, 2.75) is 13.8 Å². The molecule has 2 heterocycles. The van der Waals surface area contributed by atoms with Gasteiger partial charge in [-0.05, 0) is 55.7 Å². The SMILES string of the molecule is Cc1ccc(OCC(=O)O)c(-c2nsc3ccc(-n4c(=O)cc(C)n(C)c4=O)cc23)c1. The van der Waals surface area contributed by atoms with Gasteiger partial charge in [-0.25, -0.2) is 14.2 Å². The van der Waals surface area contributed by atoms with E-state index in [2.05, 4.69) is 4.37 Å². The molecule has 0 saturated heterocycles. The molecule has 0 spiro atoms. The van der Waals surface area contributed by atoms with Gasteiger partial charge in [-0.1, -0.05) is 11.6 Å². The minimum Gasteiger partial charge on any atom is -0.481 e. The van der Waals surface area contributed by atoms with Gasteiger partial charge in [-0.3, -0.25) is 4.79 Å². The van der Waals surface area contributed by atoms with Crippen molar-refractivity contribution in [1.82, 2.24) is 13.5 Å². The highest BCUT2D eigenvalue weighted by molar-refractivity contribution is 7.13. The number of aliphatic carboxylic acids is 1. The number of aryl methyl sites for hydroxylation is 2. The van der Waals surface area contributed by atoms with Crippen LogP contribution in [0.25, 0.3) is 27.0 Å². The molecule has 2 aromatic heterocycles. The zero-order chi connectivity index (χ0) is 22.3. The number of carboxylic acid groups (broad SMARTS) is 1. The summed E-state index contributed by atoms with van der Waals surface area (Å²) in [5.41, 5.74) is 2.36. The van der Waals surface area contributed by atoms with Crippen LogP contribution in [0.2, 0.25) is 0 Å². The predicted molar refractivity (Wildman–Crippen MR) is 118 cm³/mol. The first-order valence-corrected chi connectivity index (χ1v) is 10.2. The molecule has 0 amide bonds. The summed E-state index contributed by atoms with van der Waals surface area (Å²) < 4.78 is 13.4. The van der Waals surface area contributed by atoms with Crippen molar-refractivity contribution in [3.63, 3.8) is 0 Å². The maximum atomic E-state index is 12.7. The zero-order valence-electron chi connectivity index (χ0n) is 17.1. The Bertz CT molecular complexity index is 1450. The Kier molecular flexibility index (Phi) is 5.20. The molecule has 4 rings (SSSR count). The molecule has 0 fully saturated rings. The van der Waals surface area contributed by atoms with E-state index in [-0.39, 0.29) is 0 Å². The average molecular weight is 437 g/mol. The summed E-state index contributed by atoms with van der Waals surface area (Å²) in [6.07, 6.45) is 0. The number of hydrogen-bond acceptors (Lipinski definition) is 6. The van der Waals surface area contributed by atoms with Gasteiger partial charge in [0.1, 0.15) is 5.75 Å². The molecule has 158 valence electrons. The van der Waals surface area contributed by atoms with Crippen molar-refractivity contribution >= 4 is 27.6 Å². The molecule has 0 unspecified atom stereocenters. The van der Waals surface area contributed by atoms with Crippen molar-refractivity contribution in [2.24, 2.45) is 7.05 Å². The van der Waals surface area contributed by atoms with E-state index in [9.17, 15) is 14.4 Å². The molecule has 8 nitrogen and oxygen atoms in total. The maximum absolute atomic E-state index is 12.7. The van der Waals surface area contributed by atoms with Crippen molar-refractivity contribution in [3.05, 3.63) is 74.6 Å². The summed E-state index contributed by atoms with van der Waals surface area (Å²) in [6, 6.07) is 12.1. The third-order valence-electron chi connectivity index (χ3n) is 5.01. The Labute approximate surface area is 180 Å². The lowest BCUT2D eigenvalue weighted by Gasteiger charge is -2.11. The van der Waals surface area contributed by atoms with Gasteiger partial charge >= 0.3 is 11.7 Å². The molecular formula is C22H19N3O5S. The van der Waals surface area contributed by atoms with E-state index < -0.39 is 23.8 Å². The second-order valence-electron chi connectivity index (χ2n) is 7.19. The average Bonchev–Trinajstić information content (AvgIpc) is 3.14. The van der Waals surface area contributed by atoms with Gasteiger partial charge in [-0.15, -0.1) is 0 Å². The Morgan fingerprint density at radius 2 is 1.90 bits per heavy atom. The summed E-state index contributed by atoms with van der Waals surface area (Å²) >= 11 is 1.27. The molecular weight excluding hydrogens is 418 g/mol. The van der Waals surface area contributed by atoms with E-state index in [1.165, 1.54) is 22.2 Å². The fourth-order valence-electron chi connectivity index (χ4n) is 3.33. The summed E-state index contributed by atoms with van der Waals surface area (Å²) in [6.45, 7) is 3.14. The van der Waals surface area contributed by atoms with Crippen molar-refractivity contribution < 1.29 is 14.6 Å². The number of carbonyl (C=O) groups is 1. The van der Waals surface area contributed by atoms with Crippen molar-refractivity contribution in [1.29, 1.82) is 0 Å². The fourth-order valence-corrected chi connectivity index (χ4v) is 4.10. The number of fused-ring (bicyclic) bond motifs is 1. The minimum atomic E-state index is -1.08. The number of carboxylic acids is 1. The minimum absolute atomic E-state index is 0.397. The van der Waals surface area contributed by atoms with Crippen LogP contribution in [0.3, 0.4) is 0 Å². The molecule has 0 saturated carbocycles. The monoisotopic (exact) mass is 437 g/mol. The topological polar surface area (TPSA) is 103 Å². The van der Waals surface area contributed by atoms with E-state index in [1.807, 2.05) is 25.1 Å². The highest BCUT2D eigenvalue weighted by Crippen LogP contribution is 2.37. The highest BCUT2D eigenvalue weighted by Gasteiger charge is 2.17. The normalized spacial score (nSPS) is 11.1. The maximum Gasteiger partial charge on any atom is 0.341 e. The molecule has 0 aliphatic carbocycles. The summed E-state index contributed by atoms with van der Waals surface area (Å²) in [5.74, 6) is -0.680. The van der Waals surface area contributed by atoms with Crippen molar-refractivity contribution in [3.8, 4) is 22.7 Å². The van der Waals surface area contributed by atoms with Gasteiger partial charge in [0.05, 0.1) is 16.1 Å². The lowest BCUT2D eigenvalue weighted by atomic mass is 10.0. The summed E-state index contributed by atoms with van der Waals surface area (Å²) in [5, 5.41) is 9.72. The third-order valence-corrected chi connectivity index (χ3v) is 5.84. The van der Waals surface area contributed by atoms with Crippen LogP contribution >= 0.6 is 11.5 Å². The third kappa shape index (κ3) is 3.75. The molecule has 9 heteroatoms. The Morgan fingerprint density at radius 3 is 2.65 bits per heavy atom. The molecule has 0 aliphatic heterocycles. The molecule has 1 N–H and O–H groups in total. The van der Waals surface area contributed by atoms with E-state index >= 15 is 0 Å².